The first kappa shape index (κ1) is 42.8. The molecule has 2 aromatic rings. The highest BCUT2D eigenvalue weighted by molar-refractivity contribution is 7.85. The van der Waals surface area contributed by atoms with E-state index in [4.69, 9.17) is 0 Å². The summed E-state index contributed by atoms with van der Waals surface area (Å²) >= 11 is 0. The summed E-state index contributed by atoms with van der Waals surface area (Å²) in [5, 5.41) is 1.99. The molecule has 4 heteroatoms. The minimum absolute atomic E-state index is 0.0110. The van der Waals surface area contributed by atoms with E-state index in [0.29, 0.717) is 0 Å². The molecule has 0 fully saturated rings. The van der Waals surface area contributed by atoms with Crippen LogP contribution >= 0.6 is 0 Å². The van der Waals surface area contributed by atoms with Crippen molar-refractivity contribution >= 4 is 20.9 Å². The molecular formula is C44H76O3S. The Labute approximate surface area is 298 Å². The number of benzene rings is 2. The highest BCUT2D eigenvalue weighted by atomic mass is 32.2. The fraction of sp³-hybridized carbons (Fsp3) is 0.773. The average molecular weight is 685 g/mol. The molecule has 0 aliphatic heterocycles. The number of unbranched alkanes of at least 4 members (excludes halogenated alkanes) is 28. The second kappa shape index (κ2) is 28.3. The molecule has 0 saturated heterocycles. The van der Waals surface area contributed by atoms with E-state index in [9.17, 15) is 13.0 Å². The monoisotopic (exact) mass is 685 g/mol. The van der Waals surface area contributed by atoms with Gasteiger partial charge < -0.3 is 0 Å². The van der Waals surface area contributed by atoms with Crippen LogP contribution < -0.4 is 0 Å². The number of rotatable bonds is 33. The zero-order valence-corrected chi connectivity index (χ0v) is 32.5. The van der Waals surface area contributed by atoms with Crippen LogP contribution in [-0.4, -0.2) is 13.0 Å². The smallest absolute Gasteiger partial charge is 0.282 e. The van der Waals surface area contributed by atoms with E-state index < -0.39 is 10.1 Å². The number of aryl methyl sites for hydroxylation is 2. The summed E-state index contributed by atoms with van der Waals surface area (Å²) < 4.78 is 33.2. The maximum atomic E-state index is 11.8. The number of hydrogen-bond donors (Lipinski definition) is 1. The number of fused-ring (bicyclic) bond motifs is 1. The average Bonchev–Trinajstić information content (AvgIpc) is 3.07. The lowest BCUT2D eigenvalue weighted by Gasteiger charge is -2.13. The van der Waals surface area contributed by atoms with Crippen molar-refractivity contribution in [1.82, 2.24) is 0 Å². The molecule has 0 atom stereocenters. The van der Waals surface area contributed by atoms with Crippen molar-refractivity contribution in [3.05, 3.63) is 41.5 Å². The molecule has 48 heavy (non-hydrogen) atoms. The first-order chi connectivity index (χ1) is 23.5. The summed E-state index contributed by atoms with van der Waals surface area (Å²) in [5.41, 5.74) is 2.80. The Hall–Kier alpha value is -1.39. The number of hydrogen-bond acceptors (Lipinski definition) is 2. The third-order valence-electron chi connectivity index (χ3n) is 10.5. The molecule has 276 valence electrons. The Balaban J connectivity index is 1.67. The Morgan fingerprint density at radius 1 is 0.396 bits per heavy atom. The van der Waals surface area contributed by atoms with Gasteiger partial charge in [0.2, 0.25) is 0 Å². The molecule has 1 N–H and O–H groups in total. The minimum atomic E-state index is -4.20. The van der Waals surface area contributed by atoms with Crippen molar-refractivity contribution in [2.45, 2.75) is 224 Å². The van der Waals surface area contributed by atoms with Crippen LogP contribution in [0.1, 0.15) is 218 Å². The van der Waals surface area contributed by atoms with Gasteiger partial charge in [-0.2, -0.15) is 8.42 Å². The second-order valence-corrected chi connectivity index (χ2v) is 16.4. The molecule has 0 heterocycles. The Morgan fingerprint density at radius 2 is 0.688 bits per heavy atom. The molecule has 0 radical (unpaired) electrons. The minimum Gasteiger partial charge on any atom is -0.282 e. The highest BCUT2D eigenvalue weighted by Crippen LogP contribution is 2.27. The molecule has 0 aliphatic carbocycles. The van der Waals surface area contributed by atoms with Crippen LogP contribution in [0.25, 0.3) is 10.8 Å². The van der Waals surface area contributed by atoms with Gasteiger partial charge in [-0.15, -0.1) is 0 Å². The van der Waals surface area contributed by atoms with E-state index in [0.717, 1.165) is 23.6 Å². The van der Waals surface area contributed by atoms with Crippen molar-refractivity contribution in [2.24, 2.45) is 0 Å². The van der Waals surface area contributed by atoms with Crippen LogP contribution in [0.2, 0.25) is 0 Å². The van der Waals surface area contributed by atoms with Crippen LogP contribution in [0.5, 0.6) is 0 Å². The molecule has 3 nitrogen and oxygen atoms in total. The fourth-order valence-electron chi connectivity index (χ4n) is 7.37. The highest BCUT2D eigenvalue weighted by Gasteiger charge is 2.12. The van der Waals surface area contributed by atoms with Crippen molar-refractivity contribution in [3.63, 3.8) is 0 Å². The lowest BCUT2D eigenvalue weighted by atomic mass is 9.93. The second-order valence-electron chi connectivity index (χ2n) is 15.0. The molecule has 0 bridgehead atoms. The van der Waals surface area contributed by atoms with Gasteiger partial charge in [0, 0.05) is 0 Å². The normalized spacial score (nSPS) is 12.0. The third kappa shape index (κ3) is 21.0. The predicted molar refractivity (Wildman–Crippen MR) is 211 cm³/mol. The quantitative estimate of drug-likeness (QED) is 0.0601. The molecule has 0 amide bonds. The largest absolute Gasteiger partial charge is 0.294 e. The summed E-state index contributed by atoms with van der Waals surface area (Å²) in [7, 11) is -4.20. The van der Waals surface area contributed by atoms with Gasteiger partial charge >= 0.3 is 0 Å². The maximum Gasteiger partial charge on any atom is 0.294 e. The molecule has 2 aromatic carbocycles. The van der Waals surface area contributed by atoms with E-state index in [-0.39, 0.29) is 4.90 Å². The van der Waals surface area contributed by atoms with E-state index in [2.05, 4.69) is 26.0 Å². The van der Waals surface area contributed by atoms with Crippen LogP contribution in [0.4, 0.5) is 0 Å². The molecule has 0 aromatic heterocycles. The predicted octanol–water partition coefficient (Wildman–Crippen LogP) is 14.9. The molecule has 0 unspecified atom stereocenters. The molecule has 0 aliphatic rings. The fourth-order valence-corrected chi connectivity index (χ4v) is 7.89. The van der Waals surface area contributed by atoms with Gasteiger partial charge in [-0.3, -0.25) is 4.55 Å². The summed E-state index contributed by atoms with van der Waals surface area (Å²) in [6.45, 7) is 4.58. The molecule has 2 rings (SSSR count). The van der Waals surface area contributed by atoms with Crippen LogP contribution in [0.15, 0.2) is 35.2 Å². The van der Waals surface area contributed by atoms with E-state index in [1.807, 2.05) is 6.07 Å². The Bertz CT molecular complexity index is 1160. The molecule has 0 spiro atoms. The third-order valence-corrected chi connectivity index (χ3v) is 11.4. The topological polar surface area (TPSA) is 54.4 Å². The summed E-state index contributed by atoms with van der Waals surface area (Å²) in [6.07, 6.45) is 43.4. The van der Waals surface area contributed by atoms with Crippen LogP contribution in [0.3, 0.4) is 0 Å². The lowest BCUT2D eigenvalue weighted by Crippen LogP contribution is -1.99. The molecule has 0 saturated carbocycles. The van der Waals surface area contributed by atoms with E-state index in [1.54, 1.807) is 6.07 Å². The van der Waals surface area contributed by atoms with Gasteiger partial charge in [-0.05, 0) is 59.7 Å². The van der Waals surface area contributed by atoms with Crippen LogP contribution in [-0.2, 0) is 23.0 Å². The zero-order valence-electron chi connectivity index (χ0n) is 31.7. The molecular weight excluding hydrogens is 609 g/mol. The summed E-state index contributed by atoms with van der Waals surface area (Å²) in [5.74, 6) is 0. The maximum absolute atomic E-state index is 11.8. The van der Waals surface area contributed by atoms with E-state index >= 15 is 0 Å². The van der Waals surface area contributed by atoms with Crippen molar-refractivity contribution in [2.75, 3.05) is 0 Å². The van der Waals surface area contributed by atoms with Crippen LogP contribution in [0, 0.1) is 0 Å². The van der Waals surface area contributed by atoms with Gasteiger partial charge in [0.15, 0.2) is 0 Å². The van der Waals surface area contributed by atoms with Gasteiger partial charge in [-0.1, -0.05) is 212 Å². The van der Waals surface area contributed by atoms with E-state index in [1.165, 1.54) is 210 Å². The zero-order chi connectivity index (χ0) is 34.5. The standard InChI is InChI=1S/C44H76O3S/c1-3-5-7-9-11-13-15-17-19-21-23-25-27-29-31-33-40-37-42-35-36-44(48(45,46)47)39-43(42)38-41(40)34-32-30-28-26-24-22-20-18-16-14-12-10-8-6-4-2/h35-39H,3-34H2,1-2H3,(H,45,46,47). The Kier molecular flexibility index (Phi) is 25.2. The van der Waals surface area contributed by atoms with Gasteiger partial charge in [0.25, 0.3) is 10.1 Å². The summed E-state index contributed by atoms with van der Waals surface area (Å²) in [6, 6.07) is 9.51. The van der Waals surface area contributed by atoms with Crippen molar-refractivity contribution < 1.29 is 13.0 Å². The summed E-state index contributed by atoms with van der Waals surface area (Å²) in [4.78, 5) is -0.0110. The first-order valence-corrected chi connectivity index (χ1v) is 22.4. The van der Waals surface area contributed by atoms with Gasteiger partial charge in [0.1, 0.15) is 0 Å². The van der Waals surface area contributed by atoms with Crippen molar-refractivity contribution in [3.8, 4) is 0 Å². The first-order valence-electron chi connectivity index (χ1n) is 21.0. The Morgan fingerprint density at radius 3 is 1.00 bits per heavy atom. The van der Waals surface area contributed by atoms with Gasteiger partial charge in [-0.25, -0.2) is 0 Å². The van der Waals surface area contributed by atoms with Gasteiger partial charge in [0.05, 0.1) is 4.90 Å². The van der Waals surface area contributed by atoms with Crippen molar-refractivity contribution in [1.29, 1.82) is 0 Å². The lowest BCUT2D eigenvalue weighted by molar-refractivity contribution is 0.483. The SMILES string of the molecule is CCCCCCCCCCCCCCCCCc1cc2ccc(S(=O)(=O)O)cc2cc1CCCCCCCCCCCCCCCCC.